The summed E-state index contributed by atoms with van der Waals surface area (Å²) >= 11 is 0. The van der Waals surface area contributed by atoms with Gasteiger partial charge in [-0.3, -0.25) is 4.90 Å². The number of hydrogen-bond acceptors (Lipinski definition) is 4. The van der Waals surface area contributed by atoms with Crippen molar-refractivity contribution in [1.29, 1.82) is 0 Å². The van der Waals surface area contributed by atoms with Gasteiger partial charge in [0.2, 0.25) is 0 Å². The number of carboxylic acids is 1. The van der Waals surface area contributed by atoms with Gasteiger partial charge in [-0.15, -0.1) is 0 Å². The summed E-state index contributed by atoms with van der Waals surface area (Å²) in [6, 6.07) is 7.21. The molecule has 2 heterocycles. The number of carbonyl (C=O) groups is 1. The molecule has 1 aliphatic rings. The highest BCUT2D eigenvalue weighted by atomic mass is 16.4. The van der Waals surface area contributed by atoms with Gasteiger partial charge in [-0.2, -0.15) is 0 Å². The second kappa shape index (κ2) is 6.87. The van der Waals surface area contributed by atoms with Gasteiger partial charge in [-0.05, 0) is 56.1 Å². The van der Waals surface area contributed by atoms with E-state index in [1.807, 2.05) is 18.3 Å². The first kappa shape index (κ1) is 15.6. The minimum Gasteiger partial charge on any atom is -0.478 e. The maximum Gasteiger partial charge on any atom is 0.335 e. The van der Waals surface area contributed by atoms with E-state index < -0.39 is 5.97 Å². The molecule has 1 aromatic carbocycles. The van der Waals surface area contributed by atoms with E-state index in [4.69, 9.17) is 5.11 Å². The maximum absolute atomic E-state index is 11.1. The molecule has 1 aliphatic heterocycles. The summed E-state index contributed by atoms with van der Waals surface area (Å²) in [6.07, 6.45) is 5.67. The Bertz CT molecular complexity index is 694. The van der Waals surface area contributed by atoms with Gasteiger partial charge < -0.3 is 5.11 Å². The molecule has 0 unspecified atom stereocenters. The fourth-order valence-electron chi connectivity index (χ4n) is 3.26. The lowest BCUT2D eigenvalue weighted by atomic mass is 9.91. The highest BCUT2D eigenvalue weighted by Crippen LogP contribution is 2.28. The van der Waals surface area contributed by atoms with E-state index in [0.717, 1.165) is 38.0 Å². The summed E-state index contributed by atoms with van der Waals surface area (Å²) < 4.78 is 0. The number of likely N-dealkylation sites (tertiary alicyclic amines) is 1. The minimum absolute atomic E-state index is 0.356. The number of hydrogen-bond donors (Lipinski definition) is 1. The molecule has 1 fully saturated rings. The minimum atomic E-state index is -0.871. The molecule has 0 spiro atoms. The molecule has 5 nitrogen and oxygen atoms in total. The van der Waals surface area contributed by atoms with Crippen molar-refractivity contribution >= 4 is 5.97 Å². The van der Waals surface area contributed by atoms with Gasteiger partial charge in [0.1, 0.15) is 6.33 Å². The molecule has 1 aromatic heterocycles. The molecule has 1 N–H and O–H groups in total. The van der Waals surface area contributed by atoms with Crippen LogP contribution in [-0.2, 0) is 6.54 Å². The van der Waals surface area contributed by atoms with Crippen LogP contribution in [-0.4, -0.2) is 39.0 Å². The van der Waals surface area contributed by atoms with Crippen molar-refractivity contribution in [3.05, 3.63) is 59.2 Å². The Balaban J connectivity index is 1.60. The molecule has 2 aromatic rings. The van der Waals surface area contributed by atoms with Crippen molar-refractivity contribution in [1.82, 2.24) is 14.9 Å². The van der Waals surface area contributed by atoms with E-state index in [0.29, 0.717) is 11.5 Å². The molecular formula is C18H21N3O2. The molecule has 5 heteroatoms. The zero-order chi connectivity index (χ0) is 16.2. The first-order valence-corrected chi connectivity index (χ1v) is 7.94. The Hall–Kier alpha value is -2.27. The summed E-state index contributed by atoms with van der Waals surface area (Å²) in [7, 11) is 0. The van der Waals surface area contributed by atoms with Crippen molar-refractivity contribution in [3.8, 4) is 0 Å². The van der Waals surface area contributed by atoms with Gasteiger partial charge in [-0.25, -0.2) is 14.8 Å². The summed E-state index contributed by atoms with van der Waals surface area (Å²) in [5.41, 5.74) is 3.75. The number of piperidine rings is 1. The third kappa shape index (κ3) is 3.74. The molecule has 1 saturated heterocycles. The molecule has 120 valence electrons. The van der Waals surface area contributed by atoms with E-state index in [-0.39, 0.29) is 0 Å². The van der Waals surface area contributed by atoms with Crippen molar-refractivity contribution in [2.24, 2.45) is 0 Å². The number of aryl methyl sites for hydroxylation is 1. The molecule has 0 saturated carbocycles. The van der Waals surface area contributed by atoms with E-state index in [2.05, 4.69) is 21.8 Å². The SMILES string of the molecule is Cc1cncnc1C1CCN(Cc2cccc(C(=O)O)c2)CC1. The van der Waals surface area contributed by atoms with Crippen LogP contribution in [0.5, 0.6) is 0 Å². The number of aromatic carboxylic acids is 1. The molecule has 23 heavy (non-hydrogen) atoms. The zero-order valence-corrected chi connectivity index (χ0v) is 13.3. The molecular weight excluding hydrogens is 290 g/mol. The fourth-order valence-corrected chi connectivity index (χ4v) is 3.26. The highest BCUT2D eigenvalue weighted by molar-refractivity contribution is 5.87. The third-order valence-corrected chi connectivity index (χ3v) is 4.49. The topological polar surface area (TPSA) is 66.3 Å². The largest absolute Gasteiger partial charge is 0.478 e. The van der Waals surface area contributed by atoms with Gasteiger partial charge in [0.25, 0.3) is 0 Å². The van der Waals surface area contributed by atoms with Crippen LogP contribution >= 0.6 is 0 Å². The Morgan fingerprint density at radius 1 is 1.35 bits per heavy atom. The summed E-state index contributed by atoms with van der Waals surface area (Å²) in [6.45, 7) is 4.88. The van der Waals surface area contributed by atoms with Crippen LogP contribution in [0.3, 0.4) is 0 Å². The quantitative estimate of drug-likeness (QED) is 0.940. The normalized spacial score (nSPS) is 16.4. The number of aromatic nitrogens is 2. The van der Waals surface area contributed by atoms with E-state index >= 15 is 0 Å². The predicted molar refractivity (Wildman–Crippen MR) is 87.4 cm³/mol. The Morgan fingerprint density at radius 3 is 2.83 bits per heavy atom. The summed E-state index contributed by atoms with van der Waals surface area (Å²) in [5, 5.41) is 9.08. The molecule has 3 rings (SSSR count). The molecule has 0 bridgehead atoms. The van der Waals surface area contributed by atoms with E-state index in [1.54, 1.807) is 18.5 Å². The number of carboxylic acid groups (broad SMARTS) is 1. The molecule has 0 atom stereocenters. The van der Waals surface area contributed by atoms with Gasteiger partial charge in [-0.1, -0.05) is 12.1 Å². The Kier molecular flexibility index (Phi) is 4.67. The van der Waals surface area contributed by atoms with Crippen LogP contribution in [0.2, 0.25) is 0 Å². The van der Waals surface area contributed by atoms with Crippen LogP contribution in [0, 0.1) is 6.92 Å². The number of rotatable bonds is 4. The van der Waals surface area contributed by atoms with Gasteiger partial charge >= 0.3 is 5.97 Å². The lowest BCUT2D eigenvalue weighted by Crippen LogP contribution is -2.33. The van der Waals surface area contributed by atoms with Gasteiger partial charge in [0.05, 0.1) is 5.56 Å². The molecule has 0 radical (unpaired) electrons. The van der Waals surface area contributed by atoms with Crippen LogP contribution < -0.4 is 0 Å². The lowest BCUT2D eigenvalue weighted by Gasteiger charge is -2.32. The molecule has 0 aliphatic carbocycles. The second-order valence-electron chi connectivity index (χ2n) is 6.15. The standard InChI is InChI=1S/C18H21N3O2/c1-13-10-19-12-20-17(13)15-5-7-21(8-6-15)11-14-3-2-4-16(9-14)18(22)23/h2-4,9-10,12,15H,5-8,11H2,1H3,(H,22,23). The monoisotopic (exact) mass is 311 g/mol. The van der Waals surface area contributed by atoms with Crippen LogP contribution in [0.1, 0.15) is 45.9 Å². The number of benzene rings is 1. The first-order chi connectivity index (χ1) is 11.1. The predicted octanol–water partition coefficient (Wildman–Crippen LogP) is 2.86. The Labute approximate surface area is 136 Å². The van der Waals surface area contributed by atoms with Crippen molar-refractivity contribution in [2.75, 3.05) is 13.1 Å². The zero-order valence-electron chi connectivity index (χ0n) is 13.3. The first-order valence-electron chi connectivity index (χ1n) is 7.94. The fraction of sp³-hybridized carbons (Fsp3) is 0.389. The summed E-state index contributed by atoms with van der Waals surface area (Å²) in [4.78, 5) is 21.9. The van der Waals surface area contributed by atoms with Gasteiger partial charge in [0.15, 0.2) is 0 Å². The Morgan fingerprint density at radius 2 is 2.13 bits per heavy atom. The van der Waals surface area contributed by atoms with E-state index in [1.165, 1.54) is 11.3 Å². The average molecular weight is 311 g/mol. The van der Waals surface area contributed by atoms with E-state index in [9.17, 15) is 4.79 Å². The smallest absolute Gasteiger partial charge is 0.335 e. The summed E-state index contributed by atoms with van der Waals surface area (Å²) in [5.74, 6) is -0.371. The third-order valence-electron chi connectivity index (χ3n) is 4.49. The van der Waals surface area contributed by atoms with Crippen molar-refractivity contribution in [3.63, 3.8) is 0 Å². The molecule has 0 amide bonds. The number of nitrogens with zero attached hydrogens (tertiary/aromatic N) is 3. The van der Waals surface area contributed by atoms with Gasteiger partial charge in [0, 0.05) is 24.4 Å². The van der Waals surface area contributed by atoms with Crippen LogP contribution in [0.15, 0.2) is 36.8 Å². The van der Waals surface area contributed by atoms with Crippen LogP contribution in [0.25, 0.3) is 0 Å². The van der Waals surface area contributed by atoms with Crippen molar-refractivity contribution < 1.29 is 9.90 Å². The average Bonchev–Trinajstić information content (AvgIpc) is 2.56. The highest BCUT2D eigenvalue weighted by Gasteiger charge is 2.22. The van der Waals surface area contributed by atoms with Crippen molar-refractivity contribution in [2.45, 2.75) is 32.2 Å². The lowest BCUT2D eigenvalue weighted by molar-refractivity contribution is 0.0696. The maximum atomic E-state index is 11.1. The van der Waals surface area contributed by atoms with Crippen LogP contribution in [0.4, 0.5) is 0 Å². The second-order valence-corrected chi connectivity index (χ2v) is 6.15.